The summed E-state index contributed by atoms with van der Waals surface area (Å²) in [6.07, 6.45) is 1.92. The summed E-state index contributed by atoms with van der Waals surface area (Å²) in [6.45, 7) is 13.6. The third-order valence-corrected chi connectivity index (χ3v) is 4.15. The fourth-order valence-electron chi connectivity index (χ4n) is 2.63. The van der Waals surface area contributed by atoms with E-state index in [2.05, 4.69) is 57.3 Å². The van der Waals surface area contributed by atoms with Crippen LogP contribution in [0.25, 0.3) is 0 Å². The van der Waals surface area contributed by atoms with E-state index < -0.39 is 5.60 Å². The zero-order valence-corrected chi connectivity index (χ0v) is 14.6. The van der Waals surface area contributed by atoms with E-state index in [1.807, 2.05) is 13.8 Å². The van der Waals surface area contributed by atoms with E-state index in [0.29, 0.717) is 17.9 Å². The van der Waals surface area contributed by atoms with Crippen molar-refractivity contribution in [2.45, 2.75) is 71.9 Å². The van der Waals surface area contributed by atoms with Gasteiger partial charge in [-0.05, 0) is 57.6 Å². The average molecular weight is 291 g/mol. The molecule has 1 aromatic carbocycles. The molecule has 0 aromatic heterocycles. The number of aryl methyl sites for hydroxylation is 1. The number of aliphatic hydroxyl groups is 1. The Kier molecular flexibility index (Phi) is 6.89. The molecule has 0 aliphatic rings. The van der Waals surface area contributed by atoms with E-state index in [-0.39, 0.29) is 0 Å². The zero-order chi connectivity index (χ0) is 16.0. The van der Waals surface area contributed by atoms with Gasteiger partial charge in [-0.1, -0.05) is 50.6 Å². The Bertz CT molecular complexity index is 403. The van der Waals surface area contributed by atoms with Gasteiger partial charge in [0, 0.05) is 6.04 Å². The van der Waals surface area contributed by atoms with Gasteiger partial charge in [0.2, 0.25) is 0 Å². The maximum Gasteiger partial charge on any atom is 0.0606 e. The molecule has 2 atom stereocenters. The highest BCUT2D eigenvalue weighted by Crippen LogP contribution is 2.20. The molecule has 2 heteroatoms. The molecule has 0 amide bonds. The lowest BCUT2D eigenvalue weighted by molar-refractivity contribution is 0.0527. The normalized spacial score (nSPS) is 15.2. The van der Waals surface area contributed by atoms with E-state index in [9.17, 15) is 5.11 Å². The molecule has 0 fully saturated rings. The fourth-order valence-corrected chi connectivity index (χ4v) is 2.63. The van der Waals surface area contributed by atoms with Crippen molar-refractivity contribution in [1.29, 1.82) is 0 Å². The van der Waals surface area contributed by atoms with Gasteiger partial charge >= 0.3 is 0 Å². The maximum atomic E-state index is 10.0. The minimum Gasteiger partial charge on any atom is -0.390 e. The van der Waals surface area contributed by atoms with Crippen molar-refractivity contribution in [3.63, 3.8) is 0 Å². The second-order valence-corrected chi connectivity index (χ2v) is 7.42. The Morgan fingerprint density at radius 2 is 1.67 bits per heavy atom. The highest BCUT2D eigenvalue weighted by Gasteiger charge is 2.22. The van der Waals surface area contributed by atoms with Gasteiger partial charge in [-0.15, -0.1) is 0 Å². The topological polar surface area (TPSA) is 32.3 Å². The van der Waals surface area contributed by atoms with Crippen LogP contribution in [-0.4, -0.2) is 23.3 Å². The van der Waals surface area contributed by atoms with Crippen molar-refractivity contribution in [2.75, 3.05) is 6.54 Å². The molecule has 1 aromatic rings. The Labute approximate surface area is 131 Å². The first-order valence-corrected chi connectivity index (χ1v) is 8.21. The highest BCUT2D eigenvalue weighted by molar-refractivity contribution is 5.23. The smallest absolute Gasteiger partial charge is 0.0606 e. The molecule has 0 saturated heterocycles. The van der Waals surface area contributed by atoms with Gasteiger partial charge in [-0.25, -0.2) is 0 Å². The van der Waals surface area contributed by atoms with E-state index >= 15 is 0 Å². The molecule has 0 aliphatic heterocycles. The summed E-state index contributed by atoms with van der Waals surface area (Å²) in [4.78, 5) is 0. The van der Waals surface area contributed by atoms with Crippen LogP contribution in [0.1, 0.15) is 64.5 Å². The van der Waals surface area contributed by atoms with Crippen molar-refractivity contribution < 1.29 is 5.11 Å². The summed E-state index contributed by atoms with van der Waals surface area (Å²) in [7, 11) is 0. The Balaban J connectivity index is 2.44. The first-order chi connectivity index (χ1) is 9.69. The lowest BCUT2D eigenvalue weighted by Crippen LogP contribution is -2.40. The van der Waals surface area contributed by atoms with Gasteiger partial charge in [-0.3, -0.25) is 0 Å². The molecule has 0 bridgehead atoms. The van der Waals surface area contributed by atoms with Crippen LogP contribution in [0.2, 0.25) is 0 Å². The lowest BCUT2D eigenvalue weighted by Gasteiger charge is -2.29. The lowest BCUT2D eigenvalue weighted by atomic mass is 9.91. The largest absolute Gasteiger partial charge is 0.390 e. The zero-order valence-electron chi connectivity index (χ0n) is 14.6. The number of nitrogens with one attached hydrogen (secondary N) is 1. The van der Waals surface area contributed by atoms with Crippen LogP contribution in [0, 0.1) is 12.8 Å². The molecule has 0 spiro atoms. The van der Waals surface area contributed by atoms with Crippen LogP contribution < -0.4 is 5.32 Å². The van der Waals surface area contributed by atoms with E-state index in [0.717, 1.165) is 19.4 Å². The summed E-state index contributed by atoms with van der Waals surface area (Å²) in [5, 5.41) is 13.6. The van der Waals surface area contributed by atoms with E-state index in [1.54, 1.807) is 0 Å². The summed E-state index contributed by atoms with van der Waals surface area (Å²) in [5.41, 5.74) is 2.12. The fraction of sp³-hybridized carbons (Fsp3) is 0.684. The maximum absolute atomic E-state index is 10.0. The van der Waals surface area contributed by atoms with Crippen LogP contribution in [-0.2, 0) is 0 Å². The third kappa shape index (κ3) is 7.10. The number of rotatable bonds is 8. The number of hydrogen-bond donors (Lipinski definition) is 2. The second-order valence-electron chi connectivity index (χ2n) is 7.42. The molecule has 0 heterocycles. The first-order valence-electron chi connectivity index (χ1n) is 8.21. The van der Waals surface area contributed by atoms with Crippen molar-refractivity contribution in [2.24, 2.45) is 5.92 Å². The SMILES string of the molecule is Cc1ccc(C(C)CCNC(CC(C)(C)O)C(C)C)cc1. The molecular formula is C19H33NO. The van der Waals surface area contributed by atoms with Crippen molar-refractivity contribution in [3.05, 3.63) is 35.4 Å². The predicted octanol–water partition coefficient (Wildman–Crippen LogP) is 4.26. The number of benzene rings is 1. The van der Waals surface area contributed by atoms with Gasteiger partial charge in [0.05, 0.1) is 5.60 Å². The van der Waals surface area contributed by atoms with E-state index in [4.69, 9.17) is 0 Å². The molecule has 1 rings (SSSR count). The molecule has 2 N–H and O–H groups in total. The minimum absolute atomic E-state index is 0.371. The van der Waals surface area contributed by atoms with Crippen molar-refractivity contribution in [1.82, 2.24) is 5.32 Å². The van der Waals surface area contributed by atoms with Gasteiger partial charge in [0.25, 0.3) is 0 Å². The molecule has 0 aliphatic carbocycles. The van der Waals surface area contributed by atoms with E-state index in [1.165, 1.54) is 11.1 Å². The first kappa shape index (κ1) is 18.2. The standard InChI is InChI=1S/C19H33NO/c1-14(2)18(13-19(5,6)21)20-12-11-16(4)17-9-7-15(3)8-10-17/h7-10,14,16,18,20-21H,11-13H2,1-6H3. The molecule has 0 radical (unpaired) electrons. The van der Waals surface area contributed by atoms with Crippen molar-refractivity contribution >= 4 is 0 Å². The molecule has 0 saturated carbocycles. The molecule has 2 nitrogen and oxygen atoms in total. The highest BCUT2D eigenvalue weighted by atomic mass is 16.3. The van der Waals surface area contributed by atoms with Crippen LogP contribution in [0.3, 0.4) is 0 Å². The second kappa shape index (κ2) is 7.95. The third-order valence-electron chi connectivity index (χ3n) is 4.15. The van der Waals surface area contributed by atoms with Gasteiger partial charge in [0.1, 0.15) is 0 Å². The molecule has 21 heavy (non-hydrogen) atoms. The number of hydrogen-bond acceptors (Lipinski definition) is 2. The van der Waals surface area contributed by atoms with Crippen LogP contribution in [0.5, 0.6) is 0 Å². The average Bonchev–Trinajstić information content (AvgIpc) is 2.36. The Morgan fingerprint density at radius 1 is 1.10 bits per heavy atom. The summed E-state index contributed by atoms with van der Waals surface area (Å²) in [5.74, 6) is 1.10. The quantitative estimate of drug-likeness (QED) is 0.750. The van der Waals surface area contributed by atoms with Gasteiger partial charge in [0.15, 0.2) is 0 Å². The summed E-state index contributed by atoms with van der Waals surface area (Å²) < 4.78 is 0. The summed E-state index contributed by atoms with van der Waals surface area (Å²) >= 11 is 0. The molecular weight excluding hydrogens is 258 g/mol. The Morgan fingerprint density at radius 3 is 2.14 bits per heavy atom. The predicted molar refractivity (Wildman–Crippen MR) is 91.8 cm³/mol. The van der Waals surface area contributed by atoms with Crippen LogP contribution in [0.15, 0.2) is 24.3 Å². The summed E-state index contributed by atoms with van der Waals surface area (Å²) in [6, 6.07) is 9.21. The van der Waals surface area contributed by atoms with Gasteiger partial charge < -0.3 is 10.4 Å². The van der Waals surface area contributed by atoms with Crippen molar-refractivity contribution in [3.8, 4) is 0 Å². The van der Waals surface area contributed by atoms with Gasteiger partial charge in [-0.2, -0.15) is 0 Å². The van der Waals surface area contributed by atoms with Crippen LogP contribution in [0.4, 0.5) is 0 Å². The molecule has 2 unspecified atom stereocenters. The minimum atomic E-state index is -0.607. The monoisotopic (exact) mass is 291 g/mol. The molecule has 120 valence electrons. The Hall–Kier alpha value is -0.860. The van der Waals surface area contributed by atoms with Crippen LogP contribution >= 0.6 is 0 Å².